The standard InChI is InChI=1S/C16H14FN3O/c1-10-7-8-12(9-14(10)17)18-16(21)20-15-6-4-3-5-13(15)11(2)19-20/h3-9H,1-2H3,(H,18,21). The van der Waals surface area contributed by atoms with Gasteiger partial charge in [-0.1, -0.05) is 24.3 Å². The predicted octanol–water partition coefficient (Wildman–Crippen LogP) is 3.87. The molecule has 0 saturated carbocycles. The third-order valence-corrected chi connectivity index (χ3v) is 3.39. The zero-order valence-electron chi connectivity index (χ0n) is 11.7. The number of benzene rings is 2. The summed E-state index contributed by atoms with van der Waals surface area (Å²) >= 11 is 0. The minimum atomic E-state index is -0.414. The average molecular weight is 283 g/mol. The first-order valence-electron chi connectivity index (χ1n) is 6.58. The number of aryl methyl sites for hydroxylation is 2. The molecule has 1 heterocycles. The third-order valence-electron chi connectivity index (χ3n) is 3.39. The van der Waals surface area contributed by atoms with Crippen LogP contribution in [0.4, 0.5) is 14.9 Å². The van der Waals surface area contributed by atoms with Crippen molar-refractivity contribution in [1.29, 1.82) is 0 Å². The minimum absolute atomic E-state index is 0.352. The predicted molar refractivity (Wildman–Crippen MR) is 80.0 cm³/mol. The first-order chi connectivity index (χ1) is 10.1. The number of aromatic nitrogens is 2. The van der Waals surface area contributed by atoms with Gasteiger partial charge in [0.05, 0.1) is 11.2 Å². The molecule has 21 heavy (non-hydrogen) atoms. The SMILES string of the molecule is Cc1ccc(NC(=O)n2nc(C)c3ccccc32)cc1F. The van der Waals surface area contributed by atoms with Gasteiger partial charge in [0, 0.05) is 11.1 Å². The van der Waals surface area contributed by atoms with Gasteiger partial charge in [-0.05, 0) is 37.6 Å². The van der Waals surface area contributed by atoms with Gasteiger partial charge in [-0.2, -0.15) is 9.78 Å². The lowest BCUT2D eigenvalue weighted by atomic mass is 10.2. The third kappa shape index (κ3) is 2.38. The summed E-state index contributed by atoms with van der Waals surface area (Å²) in [5, 5.41) is 7.81. The number of anilines is 1. The number of nitrogens with one attached hydrogen (secondary N) is 1. The van der Waals surface area contributed by atoms with E-state index in [9.17, 15) is 9.18 Å². The molecule has 0 aliphatic rings. The minimum Gasteiger partial charge on any atom is -0.306 e. The van der Waals surface area contributed by atoms with Gasteiger partial charge in [-0.15, -0.1) is 0 Å². The van der Waals surface area contributed by atoms with Crippen LogP contribution in [-0.2, 0) is 0 Å². The van der Waals surface area contributed by atoms with Crippen LogP contribution < -0.4 is 5.32 Å². The Kier molecular flexibility index (Phi) is 3.17. The highest BCUT2D eigenvalue weighted by Crippen LogP contribution is 2.19. The molecule has 4 nitrogen and oxygen atoms in total. The Morgan fingerprint density at radius 1 is 1.19 bits per heavy atom. The van der Waals surface area contributed by atoms with Crippen molar-refractivity contribution in [3.63, 3.8) is 0 Å². The molecule has 3 rings (SSSR count). The van der Waals surface area contributed by atoms with Crippen LogP contribution in [0.2, 0.25) is 0 Å². The fourth-order valence-corrected chi connectivity index (χ4v) is 2.22. The molecule has 0 radical (unpaired) electrons. The highest BCUT2D eigenvalue weighted by Gasteiger charge is 2.13. The molecular formula is C16H14FN3O. The Labute approximate surface area is 121 Å². The molecule has 5 heteroatoms. The summed E-state index contributed by atoms with van der Waals surface area (Å²) in [5.41, 5.74) is 2.43. The number of carbonyl (C=O) groups is 1. The molecular weight excluding hydrogens is 269 g/mol. The summed E-state index contributed by atoms with van der Waals surface area (Å²) in [6.07, 6.45) is 0. The molecule has 1 aromatic heterocycles. The molecule has 0 aliphatic carbocycles. The van der Waals surface area contributed by atoms with Crippen molar-refractivity contribution in [3.05, 3.63) is 59.5 Å². The van der Waals surface area contributed by atoms with Gasteiger partial charge in [-0.25, -0.2) is 9.18 Å². The van der Waals surface area contributed by atoms with Crippen molar-refractivity contribution in [2.75, 3.05) is 5.32 Å². The van der Waals surface area contributed by atoms with Crippen molar-refractivity contribution < 1.29 is 9.18 Å². The number of nitrogens with zero attached hydrogens (tertiary/aromatic N) is 2. The van der Waals surface area contributed by atoms with Gasteiger partial charge in [0.15, 0.2) is 0 Å². The van der Waals surface area contributed by atoms with Gasteiger partial charge in [0.1, 0.15) is 5.82 Å². The molecule has 1 amide bonds. The lowest BCUT2D eigenvalue weighted by molar-refractivity contribution is 0.251. The van der Waals surface area contributed by atoms with Crippen molar-refractivity contribution >= 4 is 22.6 Å². The van der Waals surface area contributed by atoms with Crippen LogP contribution >= 0.6 is 0 Å². The van der Waals surface area contributed by atoms with Crippen LogP contribution in [0.1, 0.15) is 11.3 Å². The maximum atomic E-state index is 13.5. The molecule has 3 aromatic rings. The molecule has 2 aromatic carbocycles. The van der Waals surface area contributed by atoms with Crippen LogP contribution in [0.5, 0.6) is 0 Å². The lowest BCUT2D eigenvalue weighted by Crippen LogP contribution is -2.20. The van der Waals surface area contributed by atoms with Crippen LogP contribution in [0.25, 0.3) is 10.9 Å². The topological polar surface area (TPSA) is 46.9 Å². The van der Waals surface area contributed by atoms with E-state index in [0.717, 1.165) is 16.6 Å². The summed E-state index contributed by atoms with van der Waals surface area (Å²) < 4.78 is 14.8. The maximum absolute atomic E-state index is 13.5. The zero-order chi connectivity index (χ0) is 15.0. The second-order valence-corrected chi connectivity index (χ2v) is 4.91. The quantitative estimate of drug-likeness (QED) is 0.737. The number of rotatable bonds is 1. The summed E-state index contributed by atoms with van der Waals surface area (Å²) in [7, 11) is 0. The monoisotopic (exact) mass is 283 g/mol. The molecule has 0 fully saturated rings. The van der Waals surface area contributed by atoms with Gasteiger partial charge in [0.2, 0.25) is 0 Å². The van der Waals surface area contributed by atoms with Crippen molar-refractivity contribution in [2.45, 2.75) is 13.8 Å². The molecule has 0 aliphatic heterocycles. The Hall–Kier alpha value is -2.69. The second kappa shape index (κ2) is 5.01. The zero-order valence-corrected chi connectivity index (χ0v) is 11.7. The van der Waals surface area contributed by atoms with E-state index >= 15 is 0 Å². The van der Waals surface area contributed by atoms with Crippen molar-refractivity contribution in [1.82, 2.24) is 9.78 Å². The van der Waals surface area contributed by atoms with Crippen molar-refractivity contribution in [3.8, 4) is 0 Å². The fraction of sp³-hybridized carbons (Fsp3) is 0.125. The summed E-state index contributed by atoms with van der Waals surface area (Å²) in [6.45, 7) is 3.52. The number of para-hydroxylation sites is 1. The number of carbonyl (C=O) groups excluding carboxylic acids is 1. The van der Waals surface area contributed by atoms with Crippen molar-refractivity contribution in [2.24, 2.45) is 0 Å². The van der Waals surface area contributed by atoms with E-state index in [-0.39, 0.29) is 5.82 Å². The van der Waals surface area contributed by atoms with Crippen LogP contribution in [0, 0.1) is 19.7 Å². The molecule has 0 saturated heterocycles. The van der Waals surface area contributed by atoms with E-state index in [4.69, 9.17) is 0 Å². The van der Waals surface area contributed by atoms with E-state index in [1.807, 2.05) is 31.2 Å². The van der Waals surface area contributed by atoms with Crippen LogP contribution in [0.15, 0.2) is 42.5 Å². The van der Waals surface area contributed by atoms with E-state index in [2.05, 4.69) is 10.4 Å². The Morgan fingerprint density at radius 2 is 1.95 bits per heavy atom. The molecule has 1 N–H and O–H groups in total. The molecule has 0 bridgehead atoms. The van der Waals surface area contributed by atoms with E-state index < -0.39 is 6.03 Å². The largest absolute Gasteiger partial charge is 0.347 e. The van der Waals surface area contributed by atoms with Gasteiger partial charge in [-0.3, -0.25) is 0 Å². The van der Waals surface area contributed by atoms with E-state index in [1.54, 1.807) is 19.1 Å². The lowest BCUT2D eigenvalue weighted by Gasteiger charge is -2.07. The first kappa shape index (κ1) is 13.3. The Bertz CT molecular complexity index is 839. The van der Waals surface area contributed by atoms with Crippen LogP contribution in [0.3, 0.4) is 0 Å². The first-order valence-corrected chi connectivity index (χ1v) is 6.58. The van der Waals surface area contributed by atoms with Gasteiger partial charge < -0.3 is 5.32 Å². The number of halogens is 1. The number of fused-ring (bicyclic) bond motifs is 1. The molecule has 106 valence electrons. The number of hydrogen-bond acceptors (Lipinski definition) is 2. The van der Waals surface area contributed by atoms with Gasteiger partial charge >= 0.3 is 6.03 Å². The highest BCUT2D eigenvalue weighted by atomic mass is 19.1. The summed E-state index contributed by atoms with van der Waals surface area (Å²) in [5.74, 6) is -0.352. The highest BCUT2D eigenvalue weighted by molar-refractivity contribution is 5.98. The molecule has 0 spiro atoms. The normalized spacial score (nSPS) is 10.8. The number of hydrogen-bond donors (Lipinski definition) is 1. The second-order valence-electron chi connectivity index (χ2n) is 4.91. The number of amides is 1. The Balaban J connectivity index is 1.95. The average Bonchev–Trinajstić information content (AvgIpc) is 2.81. The molecule has 0 unspecified atom stereocenters. The Morgan fingerprint density at radius 3 is 2.71 bits per heavy atom. The molecule has 0 atom stereocenters. The smallest absolute Gasteiger partial charge is 0.306 e. The van der Waals surface area contributed by atoms with Gasteiger partial charge in [0.25, 0.3) is 0 Å². The van der Waals surface area contributed by atoms with E-state index in [1.165, 1.54) is 10.7 Å². The summed E-state index contributed by atoms with van der Waals surface area (Å²) in [4.78, 5) is 12.3. The summed E-state index contributed by atoms with van der Waals surface area (Å²) in [6, 6.07) is 11.6. The maximum Gasteiger partial charge on any atom is 0.347 e. The fourth-order valence-electron chi connectivity index (χ4n) is 2.22. The van der Waals surface area contributed by atoms with E-state index in [0.29, 0.717) is 11.3 Å². The van der Waals surface area contributed by atoms with Crippen LogP contribution in [-0.4, -0.2) is 15.8 Å².